The molecule has 0 unspecified atom stereocenters. The number of methoxy groups -OCH3 is 2. The van der Waals surface area contributed by atoms with Gasteiger partial charge in [-0.05, 0) is 24.6 Å². The Morgan fingerprint density at radius 2 is 1.61 bits per heavy atom. The number of carbonyl (C=O) groups is 2. The number of nitrogens with zero attached hydrogens (tertiary/aromatic N) is 1. The summed E-state index contributed by atoms with van der Waals surface area (Å²) in [7, 11) is 2.33. The van der Waals surface area contributed by atoms with Crippen LogP contribution in [0.2, 0.25) is 0 Å². The summed E-state index contributed by atoms with van der Waals surface area (Å²) in [6.45, 7) is 0.551. The normalized spacial score (nSPS) is 12.3. The van der Waals surface area contributed by atoms with Gasteiger partial charge in [-0.1, -0.05) is 6.92 Å². The number of benzene rings is 1. The van der Waals surface area contributed by atoms with Crippen LogP contribution in [0.4, 0.5) is 31.1 Å². The standard InChI is InChI=1S/C15H17F6N3O4/c1-4-13(14(16,17)18,15(19,20)21)24(12(22)26)23-11(25)9-7-8(27-2)5-6-10(9)28-3/h5-7H,4H2,1-3H3,(H2,22,26)(H,23,25). The molecule has 0 aromatic heterocycles. The zero-order chi connectivity index (χ0) is 21.9. The highest BCUT2D eigenvalue weighted by Gasteiger charge is 2.74. The number of nitrogens with one attached hydrogen (secondary N) is 1. The minimum absolute atomic E-state index is 0.0602. The number of ether oxygens (including phenoxy) is 2. The summed E-state index contributed by atoms with van der Waals surface area (Å²) < 4.78 is 90.3. The fraction of sp³-hybridized carbons (Fsp3) is 0.467. The largest absolute Gasteiger partial charge is 0.497 e. The highest BCUT2D eigenvalue weighted by atomic mass is 19.4. The van der Waals surface area contributed by atoms with Crippen LogP contribution in [0.1, 0.15) is 23.7 Å². The van der Waals surface area contributed by atoms with E-state index in [0.29, 0.717) is 6.92 Å². The van der Waals surface area contributed by atoms with E-state index in [9.17, 15) is 35.9 Å². The summed E-state index contributed by atoms with van der Waals surface area (Å²) in [6, 6.07) is 1.38. The Kier molecular flexibility index (Phi) is 6.64. The number of carbonyl (C=O) groups excluding carboxylic acids is 2. The molecule has 0 spiro atoms. The molecule has 1 aromatic rings. The lowest BCUT2D eigenvalue weighted by atomic mass is 9.93. The number of rotatable bonds is 5. The third-order valence-electron chi connectivity index (χ3n) is 3.92. The molecule has 3 N–H and O–H groups in total. The number of urea groups is 1. The van der Waals surface area contributed by atoms with Crippen molar-refractivity contribution in [3.05, 3.63) is 23.8 Å². The van der Waals surface area contributed by atoms with E-state index in [2.05, 4.69) is 0 Å². The third-order valence-corrected chi connectivity index (χ3v) is 3.92. The van der Waals surface area contributed by atoms with Crippen LogP contribution in [0.25, 0.3) is 0 Å². The Labute approximate surface area is 155 Å². The van der Waals surface area contributed by atoms with E-state index in [0.717, 1.165) is 13.2 Å². The minimum atomic E-state index is -6.00. The zero-order valence-electron chi connectivity index (χ0n) is 14.9. The van der Waals surface area contributed by atoms with Gasteiger partial charge in [0.1, 0.15) is 11.5 Å². The number of primary amides is 1. The van der Waals surface area contributed by atoms with E-state index in [1.54, 1.807) is 0 Å². The molecule has 0 bridgehead atoms. The lowest BCUT2D eigenvalue weighted by Gasteiger charge is -2.43. The molecular weight excluding hydrogens is 400 g/mol. The fourth-order valence-electron chi connectivity index (χ4n) is 2.47. The van der Waals surface area contributed by atoms with Crippen LogP contribution in [0, 0.1) is 0 Å². The fourth-order valence-corrected chi connectivity index (χ4v) is 2.47. The first-order valence-electron chi connectivity index (χ1n) is 7.53. The topological polar surface area (TPSA) is 93.9 Å². The first kappa shape index (κ1) is 23.2. The molecular formula is C15H17F6N3O4. The Morgan fingerprint density at radius 1 is 1.07 bits per heavy atom. The van der Waals surface area contributed by atoms with Gasteiger partial charge in [0.25, 0.3) is 11.4 Å². The van der Waals surface area contributed by atoms with Crippen molar-refractivity contribution in [2.45, 2.75) is 31.2 Å². The molecule has 0 aliphatic carbocycles. The second kappa shape index (κ2) is 8.02. The van der Waals surface area contributed by atoms with Crippen LogP contribution in [0.15, 0.2) is 18.2 Å². The third kappa shape index (κ3) is 4.02. The molecule has 0 saturated carbocycles. The van der Waals surface area contributed by atoms with Crippen molar-refractivity contribution in [2.75, 3.05) is 14.2 Å². The number of hydrazine groups is 1. The molecule has 28 heavy (non-hydrogen) atoms. The van der Waals surface area contributed by atoms with Crippen molar-refractivity contribution < 1.29 is 45.4 Å². The average molecular weight is 417 g/mol. The van der Waals surface area contributed by atoms with Crippen LogP contribution < -0.4 is 20.6 Å². The van der Waals surface area contributed by atoms with Gasteiger partial charge in [-0.25, -0.2) is 9.80 Å². The van der Waals surface area contributed by atoms with Crippen LogP contribution in [0.5, 0.6) is 11.5 Å². The highest BCUT2D eigenvalue weighted by Crippen LogP contribution is 2.48. The molecule has 0 atom stereocenters. The quantitative estimate of drug-likeness (QED) is 0.569. The number of hydrogen-bond acceptors (Lipinski definition) is 4. The van der Waals surface area contributed by atoms with E-state index in [1.807, 2.05) is 0 Å². The van der Waals surface area contributed by atoms with Crippen molar-refractivity contribution in [3.8, 4) is 11.5 Å². The molecule has 3 amide bonds. The van der Waals surface area contributed by atoms with Crippen LogP contribution in [-0.2, 0) is 0 Å². The summed E-state index contributed by atoms with van der Waals surface area (Å²) in [6.07, 6.45) is -13.7. The predicted molar refractivity (Wildman–Crippen MR) is 83.6 cm³/mol. The number of amides is 3. The lowest BCUT2D eigenvalue weighted by molar-refractivity contribution is -0.337. The smallest absolute Gasteiger partial charge is 0.422 e. The molecule has 0 aliphatic rings. The van der Waals surface area contributed by atoms with E-state index >= 15 is 0 Å². The zero-order valence-corrected chi connectivity index (χ0v) is 14.9. The maximum atomic E-state index is 13.4. The SMILES string of the molecule is CCC(N(NC(=O)c1cc(OC)ccc1OC)C(N)=O)(C(F)(F)F)C(F)(F)F. The molecule has 0 heterocycles. The van der Waals surface area contributed by atoms with Crippen molar-refractivity contribution >= 4 is 11.9 Å². The van der Waals surface area contributed by atoms with Gasteiger partial charge in [0.15, 0.2) is 0 Å². The second-order valence-corrected chi connectivity index (χ2v) is 5.39. The molecule has 7 nitrogen and oxygen atoms in total. The van der Waals surface area contributed by atoms with E-state index in [1.165, 1.54) is 24.7 Å². The van der Waals surface area contributed by atoms with Gasteiger partial charge in [0.05, 0.1) is 19.8 Å². The molecule has 0 fully saturated rings. The van der Waals surface area contributed by atoms with Crippen LogP contribution in [0.3, 0.4) is 0 Å². The average Bonchev–Trinajstić information content (AvgIpc) is 2.58. The van der Waals surface area contributed by atoms with Crippen molar-refractivity contribution in [1.82, 2.24) is 10.4 Å². The number of halogens is 6. The monoisotopic (exact) mass is 417 g/mol. The number of hydrogen-bond donors (Lipinski definition) is 2. The second-order valence-electron chi connectivity index (χ2n) is 5.39. The summed E-state index contributed by atoms with van der Waals surface area (Å²) in [5, 5.41) is -0.964. The van der Waals surface area contributed by atoms with Gasteiger partial charge in [0.2, 0.25) is 0 Å². The van der Waals surface area contributed by atoms with Gasteiger partial charge in [-0.15, -0.1) is 0 Å². The van der Waals surface area contributed by atoms with Crippen molar-refractivity contribution in [3.63, 3.8) is 0 Å². The van der Waals surface area contributed by atoms with Gasteiger partial charge in [0, 0.05) is 0 Å². The molecule has 0 saturated heterocycles. The molecule has 0 radical (unpaired) electrons. The first-order chi connectivity index (χ1) is 12.8. The Morgan fingerprint density at radius 3 is 1.96 bits per heavy atom. The van der Waals surface area contributed by atoms with E-state index < -0.39 is 46.8 Å². The number of nitrogens with two attached hydrogens (primary N) is 1. The molecule has 1 rings (SSSR count). The minimum Gasteiger partial charge on any atom is -0.497 e. The Bertz CT molecular complexity index is 721. The summed E-state index contributed by atoms with van der Waals surface area (Å²) in [5.41, 5.74) is 0.843. The van der Waals surface area contributed by atoms with E-state index in [-0.39, 0.29) is 11.5 Å². The lowest BCUT2D eigenvalue weighted by Crippen LogP contribution is -2.73. The van der Waals surface area contributed by atoms with Crippen LogP contribution >= 0.6 is 0 Å². The van der Waals surface area contributed by atoms with Gasteiger partial charge < -0.3 is 15.2 Å². The number of alkyl halides is 6. The molecule has 158 valence electrons. The Hall–Kier alpha value is -2.86. The van der Waals surface area contributed by atoms with Crippen molar-refractivity contribution in [1.29, 1.82) is 0 Å². The highest BCUT2D eigenvalue weighted by molar-refractivity contribution is 5.98. The first-order valence-corrected chi connectivity index (χ1v) is 7.53. The summed E-state index contributed by atoms with van der Waals surface area (Å²) in [4.78, 5) is 23.9. The predicted octanol–water partition coefficient (Wildman–Crippen LogP) is 3.00. The van der Waals surface area contributed by atoms with Crippen molar-refractivity contribution in [2.24, 2.45) is 5.73 Å². The van der Waals surface area contributed by atoms with Gasteiger partial charge >= 0.3 is 18.4 Å². The van der Waals surface area contributed by atoms with Crippen LogP contribution in [-0.4, -0.2) is 49.1 Å². The molecule has 13 heteroatoms. The molecule has 1 aromatic carbocycles. The summed E-state index contributed by atoms with van der Waals surface area (Å²) >= 11 is 0. The summed E-state index contributed by atoms with van der Waals surface area (Å²) in [5.74, 6) is -1.63. The van der Waals surface area contributed by atoms with Gasteiger partial charge in [-0.3, -0.25) is 10.2 Å². The maximum absolute atomic E-state index is 13.4. The van der Waals surface area contributed by atoms with Gasteiger partial charge in [-0.2, -0.15) is 26.3 Å². The Balaban J connectivity index is 3.52. The molecule has 0 aliphatic heterocycles. The maximum Gasteiger partial charge on any atom is 0.422 e. The van der Waals surface area contributed by atoms with E-state index in [4.69, 9.17) is 15.2 Å².